The first-order chi connectivity index (χ1) is 9.86. The lowest BCUT2D eigenvalue weighted by molar-refractivity contribution is -0.128. The van der Waals surface area contributed by atoms with Crippen molar-refractivity contribution >= 4 is 29.1 Å². The average molecular weight is 304 g/mol. The van der Waals surface area contributed by atoms with Crippen molar-refractivity contribution in [1.29, 1.82) is 0 Å². The van der Waals surface area contributed by atoms with Crippen LogP contribution in [0, 0.1) is 11.8 Å². The second-order valence-corrected chi connectivity index (χ2v) is 6.68. The monoisotopic (exact) mass is 303 g/mol. The van der Waals surface area contributed by atoms with E-state index >= 15 is 0 Å². The van der Waals surface area contributed by atoms with Crippen molar-refractivity contribution in [3.05, 3.63) is 41.4 Å². The molecule has 4 atom stereocenters. The quantitative estimate of drug-likeness (QED) is 0.592. The molecule has 108 valence electrons. The minimum absolute atomic E-state index is 0.192. The number of carbonyl (C=O) groups is 2. The van der Waals surface area contributed by atoms with Crippen molar-refractivity contribution in [3.8, 4) is 0 Å². The van der Waals surface area contributed by atoms with Crippen LogP contribution in [0.5, 0.6) is 0 Å². The molecule has 0 radical (unpaired) electrons. The Hall–Kier alpha value is -1.65. The van der Waals surface area contributed by atoms with Gasteiger partial charge in [0.25, 0.3) is 0 Å². The number of amides is 2. The lowest BCUT2D eigenvalue weighted by Gasteiger charge is -2.25. The number of ether oxygens (including phenoxy) is 1. The van der Waals surface area contributed by atoms with Gasteiger partial charge in [0, 0.05) is 5.02 Å². The molecule has 0 N–H and O–H groups in total. The van der Waals surface area contributed by atoms with Crippen LogP contribution in [0.15, 0.2) is 36.4 Å². The number of hydrogen-bond donors (Lipinski definition) is 0. The number of rotatable bonds is 1. The maximum absolute atomic E-state index is 12.8. The third kappa shape index (κ3) is 1.49. The van der Waals surface area contributed by atoms with Crippen LogP contribution in [0.4, 0.5) is 5.69 Å². The van der Waals surface area contributed by atoms with Crippen molar-refractivity contribution < 1.29 is 14.3 Å². The minimum atomic E-state index is -0.687. The zero-order chi connectivity index (χ0) is 15.0. The Labute approximate surface area is 127 Å². The van der Waals surface area contributed by atoms with Crippen LogP contribution in [0.3, 0.4) is 0 Å². The molecule has 3 aliphatic rings. The number of carbonyl (C=O) groups excluding carboxylic acids is 2. The molecule has 2 fully saturated rings. The van der Waals surface area contributed by atoms with Gasteiger partial charge >= 0.3 is 0 Å². The second-order valence-electron chi connectivity index (χ2n) is 6.25. The van der Waals surface area contributed by atoms with Gasteiger partial charge in [-0.25, -0.2) is 4.90 Å². The molecule has 3 heterocycles. The topological polar surface area (TPSA) is 46.6 Å². The van der Waals surface area contributed by atoms with E-state index in [-0.39, 0.29) is 11.8 Å². The predicted octanol–water partition coefficient (Wildman–Crippen LogP) is 2.56. The number of imide groups is 1. The highest BCUT2D eigenvalue weighted by Crippen LogP contribution is 2.57. The molecule has 1 aromatic rings. The molecule has 5 heteroatoms. The fourth-order valence-corrected chi connectivity index (χ4v) is 4.00. The highest BCUT2D eigenvalue weighted by Gasteiger charge is 2.70. The van der Waals surface area contributed by atoms with E-state index in [4.69, 9.17) is 16.3 Å². The Morgan fingerprint density at radius 1 is 1.00 bits per heavy atom. The lowest BCUT2D eigenvalue weighted by atomic mass is 9.73. The lowest BCUT2D eigenvalue weighted by Crippen LogP contribution is -2.39. The summed E-state index contributed by atoms with van der Waals surface area (Å²) in [6.07, 6.45) is 3.81. The van der Waals surface area contributed by atoms with E-state index in [2.05, 4.69) is 0 Å². The van der Waals surface area contributed by atoms with Gasteiger partial charge in [-0.05, 0) is 38.1 Å². The highest BCUT2D eigenvalue weighted by atomic mass is 35.5. The van der Waals surface area contributed by atoms with Gasteiger partial charge in [0.05, 0.1) is 28.7 Å². The van der Waals surface area contributed by atoms with Crippen LogP contribution < -0.4 is 4.90 Å². The van der Waals surface area contributed by atoms with Gasteiger partial charge < -0.3 is 4.74 Å². The molecule has 4 rings (SSSR count). The molecular formula is C16H14ClNO3. The molecule has 2 amide bonds. The van der Waals surface area contributed by atoms with Crippen LogP contribution in [-0.2, 0) is 14.3 Å². The Balaban J connectivity index is 1.80. The number of halogens is 1. The second kappa shape index (κ2) is 3.76. The van der Waals surface area contributed by atoms with Crippen LogP contribution in [-0.4, -0.2) is 23.0 Å². The van der Waals surface area contributed by atoms with Gasteiger partial charge in [0.15, 0.2) is 0 Å². The van der Waals surface area contributed by atoms with Gasteiger partial charge in [-0.2, -0.15) is 0 Å². The maximum Gasteiger partial charge on any atom is 0.241 e. The van der Waals surface area contributed by atoms with E-state index in [0.29, 0.717) is 10.7 Å². The summed E-state index contributed by atoms with van der Waals surface area (Å²) in [5, 5.41) is 0.571. The Kier molecular flexibility index (Phi) is 2.33. The third-order valence-electron chi connectivity index (χ3n) is 4.81. The summed E-state index contributed by atoms with van der Waals surface area (Å²) >= 11 is 5.87. The number of anilines is 1. The summed E-state index contributed by atoms with van der Waals surface area (Å²) in [5.74, 6) is -1.28. The van der Waals surface area contributed by atoms with E-state index < -0.39 is 23.0 Å². The first kappa shape index (κ1) is 13.0. The fourth-order valence-electron chi connectivity index (χ4n) is 3.88. The van der Waals surface area contributed by atoms with E-state index in [1.54, 1.807) is 24.3 Å². The van der Waals surface area contributed by atoms with Crippen LogP contribution in [0.25, 0.3) is 0 Å². The van der Waals surface area contributed by atoms with E-state index in [0.717, 1.165) is 0 Å². The van der Waals surface area contributed by atoms with Crippen LogP contribution >= 0.6 is 11.6 Å². The number of hydrogen-bond acceptors (Lipinski definition) is 3. The molecule has 4 nitrogen and oxygen atoms in total. The Morgan fingerprint density at radius 2 is 1.48 bits per heavy atom. The summed E-state index contributed by atoms with van der Waals surface area (Å²) in [7, 11) is 0. The molecule has 0 unspecified atom stereocenters. The van der Waals surface area contributed by atoms with Crippen molar-refractivity contribution in [3.63, 3.8) is 0 Å². The largest absolute Gasteiger partial charge is 0.359 e. The van der Waals surface area contributed by atoms with Crippen LogP contribution in [0.2, 0.25) is 5.02 Å². The zero-order valence-corrected chi connectivity index (χ0v) is 12.4. The summed E-state index contributed by atoms with van der Waals surface area (Å²) in [4.78, 5) is 26.8. The number of nitrogens with zero attached hydrogens (tertiary/aromatic N) is 1. The van der Waals surface area contributed by atoms with Gasteiger partial charge in [0.1, 0.15) is 0 Å². The molecule has 2 bridgehead atoms. The molecule has 0 spiro atoms. The molecule has 3 aliphatic heterocycles. The Morgan fingerprint density at radius 3 is 1.95 bits per heavy atom. The van der Waals surface area contributed by atoms with Crippen molar-refractivity contribution in [1.82, 2.24) is 0 Å². The first-order valence-electron chi connectivity index (χ1n) is 6.90. The highest BCUT2D eigenvalue weighted by molar-refractivity contribution is 6.31. The van der Waals surface area contributed by atoms with E-state index in [1.165, 1.54) is 4.90 Å². The zero-order valence-electron chi connectivity index (χ0n) is 11.7. The van der Waals surface area contributed by atoms with Crippen LogP contribution in [0.1, 0.15) is 13.8 Å². The van der Waals surface area contributed by atoms with Crippen molar-refractivity contribution in [2.24, 2.45) is 11.8 Å². The molecule has 1 aromatic carbocycles. The van der Waals surface area contributed by atoms with Gasteiger partial charge in [0.2, 0.25) is 11.8 Å². The van der Waals surface area contributed by atoms with Crippen molar-refractivity contribution in [2.75, 3.05) is 4.90 Å². The fraction of sp³-hybridized carbons (Fsp3) is 0.375. The molecule has 2 saturated heterocycles. The molecule has 0 saturated carbocycles. The SMILES string of the molecule is C[C@]12C=C[C@@](C)(O1)[C@H]1C(=O)N(c3ccc(Cl)cc3)C(=O)[C@@H]12. The predicted molar refractivity (Wildman–Crippen MR) is 78.0 cm³/mol. The number of fused-ring (bicyclic) bond motifs is 5. The van der Waals surface area contributed by atoms with E-state index in [1.807, 2.05) is 26.0 Å². The van der Waals surface area contributed by atoms with Gasteiger partial charge in [-0.3, -0.25) is 9.59 Å². The summed E-state index contributed by atoms with van der Waals surface area (Å²) in [5.41, 5.74) is -0.809. The average Bonchev–Trinajstić information content (AvgIpc) is 2.97. The molecule has 21 heavy (non-hydrogen) atoms. The standard InChI is InChI=1S/C16H14ClNO3/c1-15-7-8-16(2,21-15)12-11(15)13(19)18(14(12)20)10-5-3-9(17)4-6-10/h3-8,11-12H,1-2H3/t11-,12-,15-,16-/m1/s1. The maximum atomic E-state index is 12.8. The normalized spacial score (nSPS) is 40.2. The number of benzene rings is 1. The summed E-state index contributed by atoms with van der Waals surface area (Å²) < 4.78 is 5.96. The molecular weight excluding hydrogens is 290 g/mol. The molecule has 0 aliphatic carbocycles. The first-order valence-corrected chi connectivity index (χ1v) is 7.27. The Bertz CT molecular complexity index is 662. The van der Waals surface area contributed by atoms with Gasteiger partial charge in [-0.15, -0.1) is 0 Å². The van der Waals surface area contributed by atoms with E-state index in [9.17, 15) is 9.59 Å². The van der Waals surface area contributed by atoms with Gasteiger partial charge in [-0.1, -0.05) is 23.8 Å². The van der Waals surface area contributed by atoms with Crippen molar-refractivity contribution in [2.45, 2.75) is 25.0 Å². The summed E-state index contributed by atoms with van der Waals surface area (Å²) in [6, 6.07) is 6.75. The smallest absolute Gasteiger partial charge is 0.241 e. The molecule has 0 aromatic heterocycles. The minimum Gasteiger partial charge on any atom is -0.359 e. The summed E-state index contributed by atoms with van der Waals surface area (Å²) in [6.45, 7) is 3.74. The third-order valence-corrected chi connectivity index (χ3v) is 5.06.